The van der Waals surface area contributed by atoms with Crippen LogP contribution in [0.4, 0.5) is 14.5 Å². The number of amidine groups is 1. The predicted molar refractivity (Wildman–Crippen MR) is 108 cm³/mol. The lowest BCUT2D eigenvalue weighted by molar-refractivity contribution is 0.600. The zero-order valence-electron chi connectivity index (χ0n) is 14.0. The maximum atomic E-state index is 14.6. The lowest BCUT2D eigenvalue weighted by Crippen LogP contribution is -2.39. The third kappa shape index (κ3) is 3.90. The van der Waals surface area contributed by atoms with Crippen LogP contribution < -0.4 is 4.90 Å². The fourth-order valence-electron chi connectivity index (χ4n) is 3.32. The number of nitrogens with zero attached hydrogens (tertiary/aromatic N) is 2. The second kappa shape index (κ2) is 7.18. The molecule has 1 fully saturated rings. The molecule has 2 atom stereocenters. The van der Waals surface area contributed by atoms with Crippen LogP contribution in [0, 0.1) is 11.6 Å². The summed E-state index contributed by atoms with van der Waals surface area (Å²) in [7, 11) is -3.19. The molecule has 0 amide bonds. The number of hydrogen-bond acceptors (Lipinski definition) is 5. The van der Waals surface area contributed by atoms with E-state index < -0.39 is 27.7 Å². The van der Waals surface area contributed by atoms with E-state index in [-0.39, 0.29) is 17.3 Å². The van der Waals surface area contributed by atoms with Crippen LogP contribution >= 0.6 is 27.7 Å². The average Bonchev–Trinajstić information content (AvgIpc) is 3.06. The summed E-state index contributed by atoms with van der Waals surface area (Å²) in [6, 6.07) is 10.1. The largest absolute Gasteiger partial charge is 0.312 e. The van der Waals surface area contributed by atoms with Crippen molar-refractivity contribution >= 4 is 48.4 Å². The topological polar surface area (TPSA) is 49.7 Å². The van der Waals surface area contributed by atoms with E-state index in [1.807, 2.05) is 0 Å². The highest BCUT2D eigenvalue weighted by atomic mass is 79.9. The van der Waals surface area contributed by atoms with Gasteiger partial charge < -0.3 is 4.90 Å². The number of hydrogen-bond donors (Lipinski definition) is 0. The first-order chi connectivity index (χ1) is 12.8. The average molecular weight is 473 g/mol. The summed E-state index contributed by atoms with van der Waals surface area (Å²) in [6.07, 6.45) is 0. The van der Waals surface area contributed by atoms with E-state index in [0.29, 0.717) is 21.1 Å². The molecule has 4 nitrogen and oxygen atoms in total. The number of halogens is 3. The van der Waals surface area contributed by atoms with Crippen LogP contribution in [-0.2, 0) is 15.6 Å². The van der Waals surface area contributed by atoms with Crippen molar-refractivity contribution in [3.8, 4) is 0 Å². The molecule has 0 unspecified atom stereocenters. The van der Waals surface area contributed by atoms with E-state index in [2.05, 4.69) is 20.9 Å². The van der Waals surface area contributed by atoms with Gasteiger partial charge in [-0.1, -0.05) is 39.8 Å². The third-order valence-electron chi connectivity index (χ3n) is 4.56. The Morgan fingerprint density at radius 1 is 1.15 bits per heavy atom. The second-order valence-electron chi connectivity index (χ2n) is 6.50. The van der Waals surface area contributed by atoms with E-state index in [1.165, 1.54) is 30.0 Å². The molecule has 0 aliphatic carbocycles. The number of benzene rings is 2. The maximum Gasteiger partial charge on any atom is 0.164 e. The van der Waals surface area contributed by atoms with E-state index in [1.54, 1.807) is 29.2 Å². The van der Waals surface area contributed by atoms with Crippen molar-refractivity contribution in [3.05, 3.63) is 64.1 Å². The fourth-order valence-corrected chi connectivity index (χ4v) is 6.57. The number of rotatable bonds is 3. The number of aliphatic imine (C=N–C) groups is 1. The third-order valence-corrected chi connectivity index (χ3v) is 7.79. The Kier molecular flexibility index (Phi) is 5.02. The Labute approximate surface area is 168 Å². The summed E-state index contributed by atoms with van der Waals surface area (Å²) in [4.78, 5) is 6.27. The van der Waals surface area contributed by atoms with E-state index >= 15 is 0 Å². The van der Waals surface area contributed by atoms with Crippen LogP contribution in [0.25, 0.3) is 0 Å². The van der Waals surface area contributed by atoms with Crippen LogP contribution in [0.15, 0.2) is 51.9 Å². The highest BCUT2D eigenvalue weighted by molar-refractivity contribution is 9.10. The van der Waals surface area contributed by atoms with Crippen LogP contribution in [0.3, 0.4) is 0 Å². The van der Waals surface area contributed by atoms with Gasteiger partial charge in [-0.15, -0.1) is 0 Å². The predicted octanol–water partition coefficient (Wildman–Crippen LogP) is 4.00. The second-order valence-corrected chi connectivity index (χ2v) is 10.5. The molecule has 1 saturated heterocycles. The fraction of sp³-hybridized carbons (Fsp3) is 0.278. The number of fused-ring (bicyclic) bond motifs is 1. The first kappa shape index (κ1) is 18.9. The SMILES string of the molecule is O=S1(=O)C[C@H]2N=C(SCc3ccc(F)cc3)N(c3ccc(Br)cc3F)[C@H]2C1. The summed E-state index contributed by atoms with van der Waals surface area (Å²) in [6.45, 7) is 0. The molecule has 4 rings (SSSR count). The summed E-state index contributed by atoms with van der Waals surface area (Å²) < 4.78 is 52.4. The minimum atomic E-state index is -3.19. The van der Waals surface area contributed by atoms with Gasteiger partial charge in [0.25, 0.3) is 0 Å². The summed E-state index contributed by atoms with van der Waals surface area (Å²) >= 11 is 4.64. The minimum Gasteiger partial charge on any atom is -0.312 e. The van der Waals surface area contributed by atoms with Gasteiger partial charge >= 0.3 is 0 Å². The normalized spacial score (nSPS) is 23.4. The monoisotopic (exact) mass is 472 g/mol. The summed E-state index contributed by atoms with van der Waals surface area (Å²) in [5, 5.41) is 0.588. The summed E-state index contributed by atoms with van der Waals surface area (Å²) in [5.41, 5.74) is 1.22. The standard InChI is InChI=1S/C18H15BrF2N2O2S2/c19-12-3-6-16(14(21)7-12)23-17-10-27(24,25)9-15(17)22-18(23)26-8-11-1-4-13(20)5-2-11/h1-7,15,17H,8-10H2/t15-,17+/m1/s1. The molecule has 27 heavy (non-hydrogen) atoms. The maximum absolute atomic E-state index is 14.6. The molecule has 0 aromatic heterocycles. The van der Waals surface area contributed by atoms with Crippen molar-refractivity contribution in [2.24, 2.45) is 4.99 Å². The molecule has 0 spiro atoms. The molecule has 2 aromatic carbocycles. The molecule has 0 radical (unpaired) electrons. The van der Waals surface area contributed by atoms with Gasteiger partial charge in [0.15, 0.2) is 15.0 Å². The van der Waals surface area contributed by atoms with Crippen molar-refractivity contribution in [2.45, 2.75) is 17.8 Å². The van der Waals surface area contributed by atoms with E-state index in [0.717, 1.165) is 5.56 Å². The van der Waals surface area contributed by atoms with Gasteiger partial charge in [0.1, 0.15) is 11.6 Å². The van der Waals surface area contributed by atoms with Crippen molar-refractivity contribution in [2.75, 3.05) is 16.4 Å². The van der Waals surface area contributed by atoms with E-state index in [9.17, 15) is 17.2 Å². The van der Waals surface area contributed by atoms with Crippen LogP contribution in [0.2, 0.25) is 0 Å². The van der Waals surface area contributed by atoms with Gasteiger partial charge in [-0.3, -0.25) is 4.99 Å². The molecule has 0 saturated carbocycles. The Morgan fingerprint density at radius 2 is 1.89 bits per heavy atom. The van der Waals surface area contributed by atoms with E-state index in [4.69, 9.17) is 0 Å². The molecule has 9 heteroatoms. The minimum absolute atomic E-state index is 0.0209. The molecule has 142 valence electrons. The Morgan fingerprint density at radius 3 is 2.59 bits per heavy atom. The molecule has 0 bridgehead atoms. The smallest absolute Gasteiger partial charge is 0.164 e. The van der Waals surface area contributed by atoms with Gasteiger partial charge in [0.2, 0.25) is 0 Å². The zero-order chi connectivity index (χ0) is 19.2. The molecule has 0 N–H and O–H groups in total. The van der Waals surface area contributed by atoms with Gasteiger partial charge in [0.05, 0.1) is 29.3 Å². The van der Waals surface area contributed by atoms with Crippen molar-refractivity contribution in [1.82, 2.24) is 0 Å². The molecule has 2 aromatic rings. The highest BCUT2D eigenvalue weighted by Crippen LogP contribution is 2.37. The van der Waals surface area contributed by atoms with Gasteiger partial charge in [-0.05, 0) is 35.9 Å². The summed E-state index contributed by atoms with van der Waals surface area (Å²) in [5.74, 6) is -0.283. The van der Waals surface area contributed by atoms with Crippen LogP contribution in [0.5, 0.6) is 0 Å². The molecular formula is C18H15BrF2N2O2S2. The van der Waals surface area contributed by atoms with Gasteiger partial charge in [-0.25, -0.2) is 17.2 Å². The van der Waals surface area contributed by atoms with Crippen LogP contribution in [-0.4, -0.2) is 37.2 Å². The number of anilines is 1. The van der Waals surface area contributed by atoms with Gasteiger partial charge in [-0.2, -0.15) is 0 Å². The lowest BCUT2D eigenvalue weighted by Gasteiger charge is -2.27. The Bertz CT molecular complexity index is 1010. The molecule has 2 aliphatic rings. The van der Waals surface area contributed by atoms with Crippen LogP contribution in [0.1, 0.15) is 5.56 Å². The van der Waals surface area contributed by atoms with Crippen molar-refractivity contribution < 1.29 is 17.2 Å². The first-order valence-corrected chi connectivity index (χ1v) is 11.8. The van der Waals surface area contributed by atoms with Crippen molar-refractivity contribution in [1.29, 1.82) is 0 Å². The molecule has 2 aliphatic heterocycles. The van der Waals surface area contributed by atoms with Gasteiger partial charge in [0, 0.05) is 10.2 Å². The number of thioether (sulfide) groups is 1. The number of sulfone groups is 1. The van der Waals surface area contributed by atoms with Crippen molar-refractivity contribution in [3.63, 3.8) is 0 Å². The highest BCUT2D eigenvalue weighted by Gasteiger charge is 2.47. The molecule has 2 heterocycles. The zero-order valence-corrected chi connectivity index (χ0v) is 17.2. The lowest BCUT2D eigenvalue weighted by atomic mass is 10.1. The Balaban J connectivity index is 1.64. The first-order valence-electron chi connectivity index (χ1n) is 8.22. The Hall–Kier alpha value is -1.45. The quantitative estimate of drug-likeness (QED) is 0.677. The molecular weight excluding hydrogens is 458 g/mol.